The highest BCUT2D eigenvalue weighted by Crippen LogP contribution is 2.17. The Hall–Kier alpha value is -2.16. The van der Waals surface area contributed by atoms with Gasteiger partial charge in [-0.1, -0.05) is 5.16 Å². The average Bonchev–Trinajstić information content (AvgIpc) is 2.63. The predicted molar refractivity (Wildman–Crippen MR) is 67.9 cm³/mol. The largest absolute Gasteiger partial charge is 0.476 e. The number of hydrogen-bond acceptors (Lipinski definition) is 7. The van der Waals surface area contributed by atoms with Crippen LogP contribution in [0.2, 0.25) is 0 Å². The summed E-state index contributed by atoms with van der Waals surface area (Å²) in [6.45, 7) is 5.13. The zero-order chi connectivity index (χ0) is 14.6. The van der Waals surface area contributed by atoms with Crippen LogP contribution in [0.15, 0.2) is 10.5 Å². The van der Waals surface area contributed by atoms with E-state index in [0.717, 1.165) is 11.3 Å². The van der Waals surface area contributed by atoms with E-state index < -0.39 is 23.4 Å². The highest BCUT2D eigenvalue weighted by Gasteiger charge is 2.20. The van der Waals surface area contributed by atoms with Crippen LogP contribution in [0.5, 0.6) is 0 Å². The molecule has 1 rings (SSSR count). The molecule has 0 aliphatic rings. The SMILES string of the molecule is CC(C)(C)OC(=O)Nc1nc(/C(=N/O)C(=O)O)cs1. The number of carbonyl (C=O) groups excluding carboxylic acids is 1. The molecule has 0 fully saturated rings. The van der Waals surface area contributed by atoms with E-state index in [9.17, 15) is 9.59 Å². The van der Waals surface area contributed by atoms with Crippen molar-refractivity contribution < 1.29 is 24.6 Å². The Bertz CT molecular complexity index is 517. The number of aromatic nitrogens is 1. The molecule has 19 heavy (non-hydrogen) atoms. The third kappa shape index (κ3) is 4.54. The molecule has 1 amide bonds. The number of ether oxygens (including phenoxy) is 1. The zero-order valence-electron chi connectivity index (χ0n) is 10.5. The number of carboxylic acids is 1. The Kier molecular flexibility index (Phi) is 4.43. The van der Waals surface area contributed by atoms with Gasteiger partial charge in [-0.25, -0.2) is 14.6 Å². The van der Waals surface area contributed by atoms with Crippen molar-refractivity contribution in [3.63, 3.8) is 0 Å². The standard InChI is InChI=1S/C10H13N3O5S/c1-10(2,3)18-9(16)12-8-11-5(4-19-8)6(13-17)7(14)15/h4,17H,1-3H3,(H,14,15)(H,11,12,16)/b13-6-. The number of aliphatic carboxylic acids is 1. The van der Waals surface area contributed by atoms with E-state index in [-0.39, 0.29) is 10.8 Å². The molecule has 0 bridgehead atoms. The van der Waals surface area contributed by atoms with Crippen molar-refractivity contribution in [2.75, 3.05) is 5.32 Å². The molecule has 3 N–H and O–H groups in total. The molecule has 0 spiro atoms. The number of carboxylic acid groups (broad SMARTS) is 1. The molecular formula is C10H13N3O5S. The average molecular weight is 287 g/mol. The van der Waals surface area contributed by atoms with Gasteiger partial charge in [0.15, 0.2) is 5.13 Å². The summed E-state index contributed by atoms with van der Waals surface area (Å²) in [7, 11) is 0. The van der Waals surface area contributed by atoms with E-state index in [0.29, 0.717) is 0 Å². The van der Waals surface area contributed by atoms with Crippen LogP contribution in [-0.4, -0.2) is 38.7 Å². The smallest absolute Gasteiger partial charge is 0.413 e. The highest BCUT2D eigenvalue weighted by molar-refractivity contribution is 7.14. The van der Waals surface area contributed by atoms with Gasteiger partial charge in [-0.05, 0) is 20.8 Å². The lowest BCUT2D eigenvalue weighted by Gasteiger charge is -2.18. The van der Waals surface area contributed by atoms with Crippen molar-refractivity contribution in [1.82, 2.24) is 4.98 Å². The van der Waals surface area contributed by atoms with Gasteiger partial charge in [0.25, 0.3) is 0 Å². The minimum atomic E-state index is -1.42. The van der Waals surface area contributed by atoms with Crippen LogP contribution in [0.3, 0.4) is 0 Å². The maximum atomic E-state index is 11.4. The van der Waals surface area contributed by atoms with Gasteiger partial charge in [0.2, 0.25) is 5.71 Å². The molecule has 0 radical (unpaired) electrons. The first kappa shape index (κ1) is 14.9. The Labute approximate surface area is 112 Å². The van der Waals surface area contributed by atoms with Gasteiger partial charge in [-0.2, -0.15) is 0 Å². The van der Waals surface area contributed by atoms with E-state index in [1.54, 1.807) is 20.8 Å². The number of nitrogens with zero attached hydrogens (tertiary/aromatic N) is 2. The van der Waals surface area contributed by atoms with Gasteiger partial charge in [0, 0.05) is 5.38 Å². The molecule has 1 aromatic rings. The van der Waals surface area contributed by atoms with Crippen molar-refractivity contribution in [3.8, 4) is 0 Å². The second kappa shape index (κ2) is 5.65. The summed E-state index contributed by atoms with van der Waals surface area (Å²) >= 11 is 0.987. The van der Waals surface area contributed by atoms with Crippen LogP contribution < -0.4 is 5.32 Å². The number of oxime groups is 1. The molecule has 0 aliphatic heterocycles. The first-order valence-electron chi connectivity index (χ1n) is 5.14. The summed E-state index contributed by atoms with van der Waals surface area (Å²) in [6.07, 6.45) is -0.703. The van der Waals surface area contributed by atoms with Crippen molar-refractivity contribution in [3.05, 3.63) is 11.1 Å². The third-order valence-electron chi connectivity index (χ3n) is 1.66. The monoisotopic (exact) mass is 287 g/mol. The van der Waals surface area contributed by atoms with Gasteiger partial charge < -0.3 is 15.1 Å². The summed E-state index contributed by atoms with van der Waals surface area (Å²) in [5, 5.41) is 23.8. The zero-order valence-corrected chi connectivity index (χ0v) is 11.3. The Morgan fingerprint density at radius 1 is 1.47 bits per heavy atom. The van der Waals surface area contributed by atoms with E-state index in [1.165, 1.54) is 5.38 Å². The number of rotatable bonds is 3. The molecule has 0 saturated carbocycles. The quantitative estimate of drug-likeness (QED) is 0.442. The van der Waals surface area contributed by atoms with Gasteiger partial charge in [-0.3, -0.25) is 5.32 Å². The first-order valence-corrected chi connectivity index (χ1v) is 6.02. The Morgan fingerprint density at radius 2 is 2.11 bits per heavy atom. The topological polar surface area (TPSA) is 121 Å². The fraction of sp³-hybridized carbons (Fsp3) is 0.400. The predicted octanol–water partition coefficient (Wildman–Crippen LogP) is 1.75. The Balaban J connectivity index is 2.76. The number of amides is 1. The number of nitrogens with one attached hydrogen (secondary N) is 1. The summed E-state index contributed by atoms with van der Waals surface area (Å²) in [5.74, 6) is -1.42. The fourth-order valence-corrected chi connectivity index (χ4v) is 1.72. The van der Waals surface area contributed by atoms with E-state index in [1.807, 2.05) is 0 Å². The van der Waals surface area contributed by atoms with Crippen LogP contribution in [0.1, 0.15) is 26.5 Å². The second-order valence-electron chi connectivity index (χ2n) is 4.42. The summed E-state index contributed by atoms with van der Waals surface area (Å²) in [5.41, 5.74) is -1.30. The fourth-order valence-electron chi connectivity index (χ4n) is 1.03. The summed E-state index contributed by atoms with van der Waals surface area (Å²) in [6, 6.07) is 0. The van der Waals surface area contributed by atoms with Crippen molar-refractivity contribution >= 4 is 34.2 Å². The maximum absolute atomic E-state index is 11.4. The van der Waals surface area contributed by atoms with Crippen molar-refractivity contribution in [2.24, 2.45) is 5.16 Å². The van der Waals surface area contributed by atoms with Crippen molar-refractivity contribution in [1.29, 1.82) is 0 Å². The van der Waals surface area contributed by atoms with Crippen LogP contribution in [-0.2, 0) is 9.53 Å². The maximum Gasteiger partial charge on any atom is 0.413 e. The van der Waals surface area contributed by atoms with E-state index >= 15 is 0 Å². The van der Waals surface area contributed by atoms with Gasteiger partial charge >= 0.3 is 12.1 Å². The molecule has 0 unspecified atom stereocenters. The van der Waals surface area contributed by atoms with Crippen LogP contribution in [0.4, 0.5) is 9.93 Å². The Morgan fingerprint density at radius 3 is 2.58 bits per heavy atom. The van der Waals surface area contributed by atoms with Gasteiger partial charge in [0.1, 0.15) is 11.3 Å². The lowest BCUT2D eigenvalue weighted by molar-refractivity contribution is -0.129. The normalized spacial score (nSPS) is 12.1. The van der Waals surface area contributed by atoms with Gasteiger partial charge in [0.05, 0.1) is 0 Å². The number of thiazole rings is 1. The third-order valence-corrected chi connectivity index (χ3v) is 2.41. The minimum absolute atomic E-state index is 0.0499. The van der Waals surface area contributed by atoms with E-state index in [2.05, 4.69) is 15.5 Å². The van der Waals surface area contributed by atoms with Crippen LogP contribution >= 0.6 is 11.3 Å². The van der Waals surface area contributed by atoms with Gasteiger partial charge in [-0.15, -0.1) is 11.3 Å². The van der Waals surface area contributed by atoms with E-state index in [4.69, 9.17) is 15.1 Å². The molecule has 9 heteroatoms. The first-order chi connectivity index (χ1) is 8.73. The molecule has 8 nitrogen and oxygen atoms in total. The molecule has 0 aromatic carbocycles. The second-order valence-corrected chi connectivity index (χ2v) is 5.28. The minimum Gasteiger partial charge on any atom is -0.476 e. The molecule has 1 aromatic heterocycles. The highest BCUT2D eigenvalue weighted by atomic mass is 32.1. The molecule has 0 atom stereocenters. The number of hydrogen-bond donors (Lipinski definition) is 3. The molecule has 0 aliphatic carbocycles. The molecule has 0 saturated heterocycles. The number of anilines is 1. The molecule has 1 heterocycles. The lowest BCUT2D eigenvalue weighted by atomic mass is 10.2. The van der Waals surface area contributed by atoms with Crippen LogP contribution in [0, 0.1) is 0 Å². The lowest BCUT2D eigenvalue weighted by Crippen LogP contribution is -2.27. The molecule has 104 valence electrons. The molecular weight excluding hydrogens is 274 g/mol. The van der Waals surface area contributed by atoms with Crippen molar-refractivity contribution in [2.45, 2.75) is 26.4 Å². The summed E-state index contributed by atoms with van der Waals surface area (Å²) < 4.78 is 5.01. The summed E-state index contributed by atoms with van der Waals surface area (Å²) in [4.78, 5) is 26.0. The number of carbonyl (C=O) groups is 2. The van der Waals surface area contributed by atoms with Crippen LogP contribution in [0.25, 0.3) is 0 Å².